The molecule has 10 heteroatoms. The topological polar surface area (TPSA) is 104 Å². The van der Waals surface area contributed by atoms with Gasteiger partial charge >= 0.3 is 5.97 Å². The van der Waals surface area contributed by atoms with Gasteiger partial charge in [0, 0.05) is 12.1 Å². The second-order valence-corrected chi connectivity index (χ2v) is 7.96. The largest absolute Gasteiger partial charge is 0.424 e. The number of non-ortho nitro benzene ring substituents is 1. The van der Waals surface area contributed by atoms with Gasteiger partial charge in [-0.25, -0.2) is 8.42 Å². The third-order valence-electron chi connectivity index (χ3n) is 3.30. The number of ether oxygens (including phenoxy) is 1. The summed E-state index contributed by atoms with van der Waals surface area (Å²) >= 11 is 11.7. The molecule has 0 fully saturated rings. The van der Waals surface area contributed by atoms with Crippen LogP contribution >= 0.6 is 23.2 Å². The zero-order valence-corrected chi connectivity index (χ0v) is 15.0. The fourth-order valence-corrected chi connectivity index (χ4v) is 3.40. The monoisotopic (exact) mass is 403 g/mol. The lowest BCUT2D eigenvalue weighted by atomic mass is 10.3. The molecule has 7 nitrogen and oxygen atoms in total. The minimum absolute atomic E-state index is 0.0162. The zero-order valence-electron chi connectivity index (χ0n) is 12.7. The van der Waals surface area contributed by atoms with E-state index in [2.05, 4.69) is 0 Å². The van der Waals surface area contributed by atoms with Gasteiger partial charge in [0.1, 0.15) is 5.02 Å². The average Bonchev–Trinajstić information content (AvgIpc) is 2.58. The first-order chi connectivity index (χ1) is 11.6. The second-order valence-electron chi connectivity index (χ2n) is 4.91. The molecule has 0 aromatic heterocycles. The van der Waals surface area contributed by atoms with Gasteiger partial charge in [-0.3, -0.25) is 14.9 Å². The SMILES string of the molecule is C[C@H](C(=O)Oc1cccc(Cl)c1Cl)S(=O)(=O)c1ccc([N+](=O)[O-])cc1. The normalized spacial score (nSPS) is 12.4. The Kier molecular flexibility index (Phi) is 5.66. The van der Waals surface area contributed by atoms with Gasteiger partial charge in [0.2, 0.25) is 0 Å². The van der Waals surface area contributed by atoms with Crippen LogP contribution in [0.5, 0.6) is 5.75 Å². The van der Waals surface area contributed by atoms with Crippen LogP contribution in [0, 0.1) is 10.1 Å². The first kappa shape index (κ1) is 19.2. The lowest BCUT2D eigenvalue weighted by Crippen LogP contribution is -2.31. The molecule has 0 spiro atoms. The molecule has 0 radical (unpaired) electrons. The lowest BCUT2D eigenvalue weighted by molar-refractivity contribution is -0.384. The molecule has 0 aliphatic carbocycles. The molecular weight excluding hydrogens is 393 g/mol. The molecule has 25 heavy (non-hydrogen) atoms. The van der Waals surface area contributed by atoms with Gasteiger partial charge in [0.15, 0.2) is 20.8 Å². The summed E-state index contributed by atoms with van der Waals surface area (Å²) in [5.41, 5.74) is -0.264. The van der Waals surface area contributed by atoms with Crippen molar-refractivity contribution >= 4 is 44.7 Å². The van der Waals surface area contributed by atoms with Gasteiger partial charge in [-0.05, 0) is 31.2 Å². The fraction of sp³-hybridized carbons (Fsp3) is 0.133. The van der Waals surface area contributed by atoms with Crippen molar-refractivity contribution in [2.75, 3.05) is 0 Å². The maximum Gasteiger partial charge on any atom is 0.329 e. The van der Waals surface area contributed by atoms with Crippen molar-refractivity contribution in [2.45, 2.75) is 17.1 Å². The van der Waals surface area contributed by atoms with Gasteiger partial charge in [0.05, 0.1) is 14.8 Å². The maximum absolute atomic E-state index is 12.5. The number of nitrogens with zero attached hydrogens (tertiary/aromatic N) is 1. The highest BCUT2D eigenvalue weighted by Gasteiger charge is 2.32. The first-order valence-electron chi connectivity index (χ1n) is 6.78. The summed E-state index contributed by atoms with van der Waals surface area (Å²) < 4.78 is 29.9. The Morgan fingerprint density at radius 3 is 2.32 bits per heavy atom. The van der Waals surface area contributed by atoms with Crippen molar-refractivity contribution in [2.24, 2.45) is 0 Å². The quantitative estimate of drug-likeness (QED) is 0.326. The van der Waals surface area contributed by atoms with Crippen LogP contribution in [0.3, 0.4) is 0 Å². The van der Waals surface area contributed by atoms with E-state index in [1.54, 1.807) is 0 Å². The Hall–Kier alpha value is -2.16. The molecule has 0 unspecified atom stereocenters. The Balaban J connectivity index is 2.25. The number of benzene rings is 2. The van der Waals surface area contributed by atoms with E-state index in [1.165, 1.54) is 18.2 Å². The molecule has 0 saturated heterocycles. The number of nitro benzene ring substituents is 1. The Morgan fingerprint density at radius 2 is 1.76 bits per heavy atom. The van der Waals surface area contributed by atoms with Crippen molar-refractivity contribution in [3.8, 4) is 5.75 Å². The van der Waals surface area contributed by atoms with Crippen LogP contribution in [0.2, 0.25) is 10.0 Å². The van der Waals surface area contributed by atoms with Crippen LogP contribution in [-0.4, -0.2) is 24.6 Å². The number of hydrogen-bond donors (Lipinski definition) is 0. The highest BCUT2D eigenvalue weighted by Crippen LogP contribution is 2.32. The van der Waals surface area contributed by atoms with Gasteiger partial charge in [0.25, 0.3) is 5.69 Å². The van der Waals surface area contributed by atoms with E-state index >= 15 is 0 Å². The molecule has 0 heterocycles. The fourth-order valence-electron chi connectivity index (χ4n) is 1.84. The maximum atomic E-state index is 12.5. The molecule has 0 saturated carbocycles. The molecular formula is C15H11Cl2NO6S. The number of carbonyl (C=O) groups is 1. The van der Waals surface area contributed by atoms with Crippen LogP contribution in [0.25, 0.3) is 0 Å². The smallest absolute Gasteiger partial charge is 0.329 e. The number of rotatable bonds is 5. The van der Waals surface area contributed by atoms with Crippen molar-refractivity contribution in [3.05, 3.63) is 62.6 Å². The molecule has 1 atom stereocenters. The summed E-state index contributed by atoms with van der Waals surface area (Å²) in [6.45, 7) is 1.15. The second kappa shape index (κ2) is 7.38. The predicted molar refractivity (Wildman–Crippen MR) is 91.8 cm³/mol. The number of halogens is 2. The third-order valence-corrected chi connectivity index (χ3v) is 6.15. The van der Waals surface area contributed by atoms with E-state index in [9.17, 15) is 23.3 Å². The van der Waals surface area contributed by atoms with Crippen LogP contribution in [0.4, 0.5) is 5.69 Å². The lowest BCUT2D eigenvalue weighted by Gasteiger charge is -2.13. The van der Waals surface area contributed by atoms with Crippen LogP contribution < -0.4 is 4.74 Å². The van der Waals surface area contributed by atoms with Crippen molar-refractivity contribution < 1.29 is 22.9 Å². The summed E-state index contributed by atoms with van der Waals surface area (Å²) in [6.07, 6.45) is 0. The van der Waals surface area contributed by atoms with Crippen molar-refractivity contribution in [1.29, 1.82) is 0 Å². The highest BCUT2D eigenvalue weighted by atomic mass is 35.5. The number of nitro groups is 1. The number of esters is 1. The predicted octanol–water partition coefficient (Wildman–Crippen LogP) is 3.67. The van der Waals surface area contributed by atoms with Crippen LogP contribution in [0.15, 0.2) is 47.4 Å². The standard InChI is InChI=1S/C15H11Cl2NO6S/c1-9(15(19)24-13-4-2-3-12(16)14(13)17)25(22,23)11-7-5-10(6-8-11)18(20)21/h2-9H,1H3/t9-/m1/s1. The summed E-state index contributed by atoms with van der Waals surface area (Å²) in [5.74, 6) is -1.12. The zero-order chi connectivity index (χ0) is 18.8. The highest BCUT2D eigenvalue weighted by molar-refractivity contribution is 7.92. The Labute approximate surface area is 153 Å². The minimum Gasteiger partial charge on any atom is -0.424 e. The van der Waals surface area contributed by atoms with Gasteiger partial charge in [-0.15, -0.1) is 0 Å². The van der Waals surface area contributed by atoms with E-state index in [0.717, 1.165) is 31.2 Å². The molecule has 2 aromatic carbocycles. The number of carbonyl (C=O) groups excluding carboxylic acids is 1. The summed E-state index contributed by atoms with van der Waals surface area (Å²) in [6, 6.07) is 8.55. The summed E-state index contributed by atoms with van der Waals surface area (Å²) in [7, 11) is -4.10. The van der Waals surface area contributed by atoms with Crippen LogP contribution in [-0.2, 0) is 14.6 Å². The van der Waals surface area contributed by atoms with E-state index in [1.807, 2.05) is 0 Å². The first-order valence-corrected chi connectivity index (χ1v) is 9.09. The third kappa shape index (κ3) is 4.09. The molecule has 0 N–H and O–H groups in total. The number of hydrogen-bond acceptors (Lipinski definition) is 6. The summed E-state index contributed by atoms with van der Waals surface area (Å²) in [4.78, 5) is 21.9. The van der Waals surface area contributed by atoms with E-state index in [4.69, 9.17) is 27.9 Å². The molecule has 132 valence electrons. The van der Waals surface area contributed by atoms with Gasteiger partial charge in [-0.1, -0.05) is 29.3 Å². The molecule has 0 amide bonds. The molecule has 0 bridgehead atoms. The van der Waals surface area contributed by atoms with Crippen molar-refractivity contribution in [3.63, 3.8) is 0 Å². The van der Waals surface area contributed by atoms with E-state index in [0.29, 0.717) is 0 Å². The van der Waals surface area contributed by atoms with Crippen molar-refractivity contribution in [1.82, 2.24) is 0 Å². The van der Waals surface area contributed by atoms with E-state index in [-0.39, 0.29) is 26.4 Å². The summed E-state index contributed by atoms with van der Waals surface area (Å²) in [5, 5.41) is 9.21. The molecule has 0 aliphatic rings. The van der Waals surface area contributed by atoms with Gasteiger partial charge in [-0.2, -0.15) is 0 Å². The Morgan fingerprint density at radius 1 is 1.16 bits per heavy atom. The molecule has 0 aliphatic heterocycles. The molecule has 2 rings (SSSR count). The molecule has 2 aromatic rings. The Bertz CT molecular complexity index is 928. The number of sulfone groups is 1. The minimum atomic E-state index is -4.10. The average molecular weight is 404 g/mol. The van der Waals surface area contributed by atoms with E-state index < -0.39 is 26.0 Å². The van der Waals surface area contributed by atoms with Gasteiger partial charge < -0.3 is 4.74 Å². The van der Waals surface area contributed by atoms with Crippen LogP contribution in [0.1, 0.15) is 6.92 Å².